The number of rotatable bonds is 3. The number of hydrogen-bond acceptors (Lipinski definition) is 5. The third-order valence-corrected chi connectivity index (χ3v) is 5.35. The molecule has 0 N–H and O–H groups in total. The molecule has 3 aromatic rings. The molecule has 154 valence electrons. The molecular formula is C22H21FN4O3. The highest BCUT2D eigenvalue weighted by molar-refractivity contribution is 5.97. The monoisotopic (exact) mass is 408 g/mol. The van der Waals surface area contributed by atoms with Crippen LogP contribution in [-0.4, -0.2) is 46.9 Å². The fraction of sp³-hybridized carbons (Fsp3) is 0.273. The summed E-state index contributed by atoms with van der Waals surface area (Å²) in [6.45, 7) is 3.99. The third kappa shape index (κ3) is 3.68. The van der Waals surface area contributed by atoms with Crippen LogP contribution in [0.25, 0.3) is 10.9 Å². The standard InChI is InChI=1S/C22H21FN4O3/c1-15-14-20(17-7-4-9-19(27(29)30)21(17)24-15)25-10-5-11-26(13-12-25)22(28)16-6-2-3-8-18(16)23/h2-4,6-9,14H,5,10-13H2,1H3. The summed E-state index contributed by atoms with van der Waals surface area (Å²) in [5.74, 6) is -0.840. The highest BCUT2D eigenvalue weighted by Crippen LogP contribution is 2.32. The Bertz CT molecular complexity index is 1130. The topological polar surface area (TPSA) is 79.6 Å². The second-order valence-electron chi connectivity index (χ2n) is 7.33. The molecular weight excluding hydrogens is 387 g/mol. The minimum Gasteiger partial charge on any atom is -0.369 e. The average molecular weight is 408 g/mol. The number of amides is 1. The van der Waals surface area contributed by atoms with E-state index in [0.717, 1.165) is 5.69 Å². The SMILES string of the molecule is Cc1cc(N2CCCN(C(=O)c3ccccc3F)CC2)c2cccc([N+](=O)[O-])c2n1. The van der Waals surface area contributed by atoms with Gasteiger partial charge >= 0.3 is 0 Å². The first-order valence-corrected chi connectivity index (χ1v) is 9.79. The highest BCUT2D eigenvalue weighted by atomic mass is 19.1. The zero-order valence-electron chi connectivity index (χ0n) is 16.5. The van der Waals surface area contributed by atoms with E-state index in [0.29, 0.717) is 49.2 Å². The van der Waals surface area contributed by atoms with E-state index in [1.807, 2.05) is 19.1 Å². The molecule has 0 spiro atoms. The van der Waals surface area contributed by atoms with Crippen molar-refractivity contribution in [3.05, 3.63) is 75.7 Å². The van der Waals surface area contributed by atoms with Crippen molar-refractivity contribution >= 4 is 28.2 Å². The lowest BCUT2D eigenvalue weighted by Gasteiger charge is -2.25. The maximum absolute atomic E-state index is 14.0. The molecule has 0 atom stereocenters. The molecule has 1 aliphatic rings. The van der Waals surface area contributed by atoms with Gasteiger partial charge in [0.05, 0.1) is 10.5 Å². The van der Waals surface area contributed by atoms with Gasteiger partial charge in [0.25, 0.3) is 11.6 Å². The third-order valence-electron chi connectivity index (χ3n) is 5.35. The summed E-state index contributed by atoms with van der Waals surface area (Å²) in [6, 6.07) is 12.9. The molecule has 1 saturated heterocycles. The minimum atomic E-state index is -0.522. The number of pyridine rings is 1. The van der Waals surface area contributed by atoms with E-state index in [1.165, 1.54) is 18.2 Å². The molecule has 30 heavy (non-hydrogen) atoms. The van der Waals surface area contributed by atoms with Crippen LogP contribution in [0.4, 0.5) is 15.8 Å². The number of nitro groups is 1. The summed E-state index contributed by atoms with van der Waals surface area (Å²) in [4.78, 5) is 32.0. The first kappa shape index (κ1) is 19.8. The fourth-order valence-electron chi connectivity index (χ4n) is 3.92. The molecule has 2 heterocycles. The molecule has 0 radical (unpaired) electrons. The number of carbonyl (C=O) groups excluding carboxylic acids is 1. The maximum Gasteiger partial charge on any atom is 0.295 e. The normalized spacial score (nSPS) is 14.6. The summed E-state index contributed by atoms with van der Waals surface area (Å²) < 4.78 is 14.0. The molecule has 0 saturated carbocycles. The quantitative estimate of drug-likeness (QED) is 0.484. The van der Waals surface area contributed by atoms with Crippen molar-refractivity contribution in [1.29, 1.82) is 0 Å². The molecule has 1 aromatic heterocycles. The van der Waals surface area contributed by atoms with Crippen LogP contribution < -0.4 is 4.90 Å². The largest absolute Gasteiger partial charge is 0.369 e. The number of hydrogen-bond donors (Lipinski definition) is 0. The number of halogens is 1. The van der Waals surface area contributed by atoms with Gasteiger partial charge < -0.3 is 9.80 Å². The summed E-state index contributed by atoms with van der Waals surface area (Å²) in [6.07, 6.45) is 0.706. The number of fused-ring (bicyclic) bond motifs is 1. The van der Waals surface area contributed by atoms with E-state index in [1.54, 1.807) is 23.1 Å². The van der Waals surface area contributed by atoms with Gasteiger partial charge in [-0.2, -0.15) is 0 Å². The molecule has 0 unspecified atom stereocenters. The molecule has 7 nitrogen and oxygen atoms in total. The van der Waals surface area contributed by atoms with Gasteiger partial charge in [0.1, 0.15) is 5.82 Å². The van der Waals surface area contributed by atoms with E-state index in [9.17, 15) is 19.3 Å². The molecule has 4 rings (SSSR count). The number of nitro benzene ring substituents is 1. The van der Waals surface area contributed by atoms with Crippen LogP contribution >= 0.6 is 0 Å². The number of benzene rings is 2. The predicted molar refractivity (Wildman–Crippen MR) is 112 cm³/mol. The molecule has 1 fully saturated rings. The second kappa shape index (κ2) is 8.06. The van der Waals surface area contributed by atoms with E-state index < -0.39 is 10.7 Å². The zero-order chi connectivity index (χ0) is 21.3. The van der Waals surface area contributed by atoms with Gasteiger partial charge in [-0.15, -0.1) is 0 Å². The van der Waals surface area contributed by atoms with Crippen molar-refractivity contribution in [1.82, 2.24) is 9.88 Å². The van der Waals surface area contributed by atoms with Gasteiger partial charge in [0, 0.05) is 49.0 Å². The van der Waals surface area contributed by atoms with Gasteiger partial charge in [0.15, 0.2) is 5.52 Å². The summed E-state index contributed by atoms with van der Waals surface area (Å²) in [7, 11) is 0. The Kier molecular flexibility index (Phi) is 5.31. The number of non-ortho nitro benzene ring substituents is 1. The smallest absolute Gasteiger partial charge is 0.295 e. The van der Waals surface area contributed by atoms with Crippen LogP contribution in [0, 0.1) is 22.9 Å². The second-order valence-corrected chi connectivity index (χ2v) is 7.33. The van der Waals surface area contributed by atoms with Crippen LogP contribution in [0.5, 0.6) is 0 Å². The lowest BCUT2D eigenvalue weighted by Crippen LogP contribution is -2.35. The van der Waals surface area contributed by atoms with Crippen molar-refractivity contribution in [2.24, 2.45) is 0 Å². The number of para-hydroxylation sites is 1. The number of carbonyl (C=O) groups is 1. The van der Waals surface area contributed by atoms with E-state index in [4.69, 9.17) is 0 Å². The molecule has 0 aliphatic carbocycles. The lowest BCUT2D eigenvalue weighted by molar-refractivity contribution is -0.383. The van der Waals surface area contributed by atoms with Crippen LogP contribution in [-0.2, 0) is 0 Å². The van der Waals surface area contributed by atoms with Gasteiger partial charge in [-0.05, 0) is 31.5 Å². The first-order chi connectivity index (χ1) is 14.5. The molecule has 2 aromatic carbocycles. The Morgan fingerprint density at radius 3 is 2.67 bits per heavy atom. The van der Waals surface area contributed by atoms with Crippen LogP contribution in [0.2, 0.25) is 0 Å². The molecule has 0 bridgehead atoms. The molecule has 1 aliphatic heterocycles. The Morgan fingerprint density at radius 2 is 1.90 bits per heavy atom. The van der Waals surface area contributed by atoms with Gasteiger partial charge in [0.2, 0.25) is 0 Å². The molecule has 1 amide bonds. The van der Waals surface area contributed by atoms with Crippen LogP contribution in [0.15, 0.2) is 48.5 Å². The maximum atomic E-state index is 14.0. The predicted octanol–water partition coefficient (Wildman–Crippen LogP) is 3.94. The average Bonchev–Trinajstić information content (AvgIpc) is 2.98. The summed E-state index contributed by atoms with van der Waals surface area (Å²) in [5.41, 5.74) is 1.97. The Morgan fingerprint density at radius 1 is 1.10 bits per heavy atom. The number of aromatic nitrogens is 1. The Hall–Kier alpha value is -3.55. The Labute approximate surface area is 172 Å². The lowest BCUT2D eigenvalue weighted by atomic mass is 10.1. The van der Waals surface area contributed by atoms with E-state index in [2.05, 4.69) is 9.88 Å². The molecule has 8 heteroatoms. The van der Waals surface area contributed by atoms with Crippen LogP contribution in [0.3, 0.4) is 0 Å². The number of anilines is 1. The summed E-state index contributed by atoms with van der Waals surface area (Å²) >= 11 is 0. The minimum absolute atomic E-state index is 0.0244. The van der Waals surface area contributed by atoms with E-state index >= 15 is 0 Å². The van der Waals surface area contributed by atoms with Gasteiger partial charge in [-0.25, -0.2) is 9.37 Å². The number of nitrogens with zero attached hydrogens (tertiary/aromatic N) is 4. The van der Waals surface area contributed by atoms with Crippen molar-refractivity contribution < 1.29 is 14.1 Å². The first-order valence-electron chi connectivity index (χ1n) is 9.79. The zero-order valence-corrected chi connectivity index (χ0v) is 16.5. The van der Waals surface area contributed by atoms with Crippen molar-refractivity contribution in [3.63, 3.8) is 0 Å². The highest BCUT2D eigenvalue weighted by Gasteiger charge is 2.24. The van der Waals surface area contributed by atoms with Crippen LogP contribution in [0.1, 0.15) is 22.5 Å². The van der Waals surface area contributed by atoms with Gasteiger partial charge in [-0.1, -0.05) is 24.3 Å². The fourth-order valence-corrected chi connectivity index (χ4v) is 3.92. The van der Waals surface area contributed by atoms with Crippen molar-refractivity contribution in [3.8, 4) is 0 Å². The Balaban J connectivity index is 1.63. The van der Waals surface area contributed by atoms with Crippen molar-refractivity contribution in [2.75, 3.05) is 31.1 Å². The van der Waals surface area contributed by atoms with Crippen molar-refractivity contribution in [2.45, 2.75) is 13.3 Å². The number of aryl methyl sites for hydroxylation is 1. The van der Waals surface area contributed by atoms with E-state index in [-0.39, 0.29) is 17.2 Å². The van der Waals surface area contributed by atoms with Gasteiger partial charge in [-0.3, -0.25) is 14.9 Å². The summed E-state index contributed by atoms with van der Waals surface area (Å²) in [5, 5.41) is 12.1.